The van der Waals surface area contributed by atoms with Gasteiger partial charge in [-0.05, 0) is 37.1 Å². The van der Waals surface area contributed by atoms with Crippen molar-refractivity contribution in [3.05, 3.63) is 66.5 Å². The Hall–Kier alpha value is -3.08. The smallest absolute Gasteiger partial charge is 0.166 e. The molecule has 0 unspecified atom stereocenters. The number of fused-ring (bicyclic) bond motifs is 1. The fourth-order valence-corrected chi connectivity index (χ4v) is 2.64. The van der Waals surface area contributed by atoms with Gasteiger partial charge in [0.25, 0.3) is 0 Å². The van der Waals surface area contributed by atoms with Gasteiger partial charge in [0.1, 0.15) is 18.5 Å². The summed E-state index contributed by atoms with van der Waals surface area (Å²) in [6, 6.07) is 14.7. The zero-order valence-corrected chi connectivity index (χ0v) is 12.9. The zero-order valence-electron chi connectivity index (χ0n) is 12.9. The topological polar surface area (TPSA) is 56.5 Å². The van der Waals surface area contributed by atoms with Crippen molar-refractivity contribution in [1.29, 1.82) is 0 Å². The number of aryl methyl sites for hydroxylation is 2. The lowest BCUT2D eigenvalue weighted by Crippen LogP contribution is -2.02. The van der Waals surface area contributed by atoms with E-state index in [9.17, 15) is 0 Å². The summed E-state index contributed by atoms with van der Waals surface area (Å²) < 4.78 is 1.68. The second-order valence-electron chi connectivity index (χ2n) is 5.53. The Labute approximate surface area is 133 Å². The van der Waals surface area contributed by atoms with Crippen LogP contribution >= 0.6 is 0 Å². The van der Waals surface area contributed by atoms with Crippen molar-refractivity contribution in [1.82, 2.24) is 24.7 Å². The Balaban J connectivity index is 1.95. The van der Waals surface area contributed by atoms with Crippen molar-refractivity contribution in [3.63, 3.8) is 0 Å². The third-order valence-corrected chi connectivity index (χ3v) is 3.81. The van der Waals surface area contributed by atoms with Crippen LogP contribution in [0, 0.1) is 13.8 Å². The summed E-state index contributed by atoms with van der Waals surface area (Å²) in [5.74, 6) is 1.46. The zero-order chi connectivity index (χ0) is 15.8. The molecule has 0 aliphatic rings. The van der Waals surface area contributed by atoms with Crippen LogP contribution in [0.2, 0.25) is 0 Å². The van der Waals surface area contributed by atoms with Crippen molar-refractivity contribution in [2.75, 3.05) is 0 Å². The first-order chi connectivity index (χ1) is 11.2. The molecule has 0 saturated heterocycles. The first-order valence-corrected chi connectivity index (χ1v) is 7.41. The molecule has 0 aliphatic carbocycles. The molecule has 112 valence electrons. The third-order valence-electron chi connectivity index (χ3n) is 3.81. The van der Waals surface area contributed by atoms with Crippen LogP contribution in [-0.2, 0) is 0 Å². The van der Waals surface area contributed by atoms with Gasteiger partial charge in [0.15, 0.2) is 5.82 Å². The molecule has 0 saturated carbocycles. The van der Waals surface area contributed by atoms with Crippen LogP contribution < -0.4 is 0 Å². The van der Waals surface area contributed by atoms with Crippen LogP contribution in [-0.4, -0.2) is 24.7 Å². The fraction of sp³-hybridized carbons (Fsp3) is 0.111. The second-order valence-corrected chi connectivity index (χ2v) is 5.53. The van der Waals surface area contributed by atoms with Gasteiger partial charge in [-0.25, -0.2) is 19.6 Å². The molecule has 5 heteroatoms. The minimum Gasteiger partial charge on any atom is -0.233 e. The van der Waals surface area contributed by atoms with Gasteiger partial charge in [0.05, 0.1) is 5.52 Å². The normalized spacial score (nSPS) is 11.0. The van der Waals surface area contributed by atoms with Crippen molar-refractivity contribution in [2.45, 2.75) is 13.8 Å². The molecule has 0 aliphatic heterocycles. The molecule has 0 amide bonds. The average molecular weight is 301 g/mol. The van der Waals surface area contributed by atoms with E-state index in [1.807, 2.05) is 13.0 Å². The van der Waals surface area contributed by atoms with Crippen LogP contribution in [0.4, 0.5) is 0 Å². The number of aromatic nitrogens is 5. The van der Waals surface area contributed by atoms with E-state index in [0.717, 1.165) is 22.3 Å². The first kappa shape index (κ1) is 13.6. The maximum Gasteiger partial charge on any atom is 0.166 e. The van der Waals surface area contributed by atoms with E-state index < -0.39 is 0 Å². The van der Waals surface area contributed by atoms with Gasteiger partial charge in [-0.15, -0.1) is 0 Å². The number of hydrogen-bond acceptors (Lipinski definition) is 4. The van der Waals surface area contributed by atoms with E-state index >= 15 is 0 Å². The molecule has 2 aromatic carbocycles. The van der Waals surface area contributed by atoms with Gasteiger partial charge in [0.2, 0.25) is 0 Å². The van der Waals surface area contributed by atoms with Gasteiger partial charge in [-0.3, -0.25) is 0 Å². The molecule has 23 heavy (non-hydrogen) atoms. The number of hydrogen-bond donors (Lipinski definition) is 0. The molecule has 0 spiro atoms. The van der Waals surface area contributed by atoms with Gasteiger partial charge in [0, 0.05) is 5.39 Å². The van der Waals surface area contributed by atoms with E-state index in [1.54, 1.807) is 11.0 Å². The summed E-state index contributed by atoms with van der Waals surface area (Å²) in [5, 5.41) is 5.16. The van der Waals surface area contributed by atoms with Crippen molar-refractivity contribution in [3.8, 4) is 16.9 Å². The Morgan fingerprint density at radius 2 is 1.65 bits per heavy atom. The van der Waals surface area contributed by atoms with Gasteiger partial charge >= 0.3 is 0 Å². The Morgan fingerprint density at radius 3 is 2.39 bits per heavy atom. The van der Waals surface area contributed by atoms with Crippen molar-refractivity contribution >= 4 is 10.9 Å². The third kappa shape index (κ3) is 2.46. The molecular weight excluding hydrogens is 286 g/mol. The van der Waals surface area contributed by atoms with E-state index in [4.69, 9.17) is 0 Å². The lowest BCUT2D eigenvalue weighted by Gasteiger charge is -2.09. The molecule has 0 bridgehead atoms. The molecule has 0 N–H and O–H groups in total. The molecule has 2 heterocycles. The highest BCUT2D eigenvalue weighted by atomic mass is 15.3. The molecule has 4 aromatic rings. The van der Waals surface area contributed by atoms with Crippen LogP contribution in [0.25, 0.3) is 27.8 Å². The lowest BCUT2D eigenvalue weighted by atomic mass is 10.0. The lowest BCUT2D eigenvalue weighted by molar-refractivity contribution is 0.840. The summed E-state index contributed by atoms with van der Waals surface area (Å²) >= 11 is 0. The monoisotopic (exact) mass is 301 g/mol. The number of benzene rings is 2. The van der Waals surface area contributed by atoms with Crippen LogP contribution in [0.3, 0.4) is 0 Å². The summed E-state index contributed by atoms with van der Waals surface area (Å²) in [7, 11) is 0. The standard InChI is InChI=1S/C18H15N5/c1-12-3-5-14(6-4-12)15-7-8-17-16(9-15)18(22-13(2)21-17)23-11-19-10-20-23/h3-11H,1-2H3. The maximum absolute atomic E-state index is 4.54. The minimum atomic E-state index is 0.714. The van der Waals surface area contributed by atoms with Crippen molar-refractivity contribution in [2.24, 2.45) is 0 Å². The van der Waals surface area contributed by atoms with Gasteiger partial charge in [-0.2, -0.15) is 5.10 Å². The van der Waals surface area contributed by atoms with Gasteiger partial charge in [-0.1, -0.05) is 35.9 Å². The predicted octanol–water partition coefficient (Wildman–Crippen LogP) is 3.49. The molecule has 0 atom stereocenters. The van der Waals surface area contributed by atoms with Crippen LogP contribution in [0.5, 0.6) is 0 Å². The summed E-state index contributed by atoms with van der Waals surface area (Å²) in [6.45, 7) is 3.97. The number of nitrogens with zero attached hydrogens (tertiary/aromatic N) is 5. The number of rotatable bonds is 2. The van der Waals surface area contributed by atoms with E-state index in [0.29, 0.717) is 5.82 Å². The molecule has 0 fully saturated rings. The molecule has 4 rings (SSSR count). The molecule has 0 radical (unpaired) electrons. The quantitative estimate of drug-likeness (QED) is 0.568. The molecular formula is C18H15N5. The highest BCUT2D eigenvalue weighted by Crippen LogP contribution is 2.26. The summed E-state index contributed by atoms with van der Waals surface area (Å²) in [4.78, 5) is 13.1. The van der Waals surface area contributed by atoms with Crippen LogP contribution in [0.1, 0.15) is 11.4 Å². The SMILES string of the molecule is Cc1ccc(-c2ccc3nc(C)nc(-n4cncn4)c3c2)cc1. The largest absolute Gasteiger partial charge is 0.233 e. The minimum absolute atomic E-state index is 0.714. The second kappa shape index (κ2) is 5.28. The van der Waals surface area contributed by atoms with E-state index in [2.05, 4.69) is 63.4 Å². The summed E-state index contributed by atoms with van der Waals surface area (Å²) in [6.07, 6.45) is 3.16. The van der Waals surface area contributed by atoms with Crippen molar-refractivity contribution < 1.29 is 0 Å². The van der Waals surface area contributed by atoms with E-state index in [-0.39, 0.29) is 0 Å². The van der Waals surface area contributed by atoms with E-state index in [1.165, 1.54) is 17.5 Å². The molecule has 5 nitrogen and oxygen atoms in total. The predicted molar refractivity (Wildman–Crippen MR) is 89.4 cm³/mol. The highest BCUT2D eigenvalue weighted by molar-refractivity contribution is 5.89. The first-order valence-electron chi connectivity index (χ1n) is 7.41. The highest BCUT2D eigenvalue weighted by Gasteiger charge is 2.10. The fourth-order valence-electron chi connectivity index (χ4n) is 2.64. The van der Waals surface area contributed by atoms with Gasteiger partial charge < -0.3 is 0 Å². The Kier molecular flexibility index (Phi) is 3.12. The van der Waals surface area contributed by atoms with Crippen LogP contribution in [0.15, 0.2) is 55.1 Å². The Bertz CT molecular complexity index is 972. The average Bonchev–Trinajstić information content (AvgIpc) is 3.09. The Morgan fingerprint density at radius 1 is 0.870 bits per heavy atom. The summed E-state index contributed by atoms with van der Waals surface area (Å²) in [5.41, 5.74) is 4.45. The maximum atomic E-state index is 4.54. The molecule has 2 aromatic heterocycles.